The highest BCUT2D eigenvalue weighted by Gasteiger charge is 2.21. The van der Waals surface area contributed by atoms with E-state index in [0.717, 1.165) is 18.7 Å². The first-order chi connectivity index (χ1) is 15.5. The number of urea groups is 1. The normalized spacial score (nSPS) is 16.8. The minimum atomic E-state index is -0.304. The fourth-order valence-electron chi connectivity index (χ4n) is 3.38. The highest BCUT2D eigenvalue weighted by atomic mass is 35.5. The molecule has 1 aliphatic rings. The van der Waals surface area contributed by atoms with E-state index in [1.165, 1.54) is 6.26 Å². The molecule has 0 aliphatic carbocycles. The maximum absolute atomic E-state index is 12.2. The molecule has 2 amide bonds. The lowest BCUT2D eigenvalue weighted by Gasteiger charge is -2.33. The number of ether oxygens (including phenoxy) is 1. The lowest BCUT2D eigenvalue weighted by Crippen LogP contribution is -2.48. The predicted molar refractivity (Wildman–Crippen MR) is 118 cm³/mol. The number of halogens is 2. The molecule has 0 bridgehead atoms. The summed E-state index contributed by atoms with van der Waals surface area (Å²) < 4.78 is 16.3. The van der Waals surface area contributed by atoms with Gasteiger partial charge in [0.15, 0.2) is 5.82 Å². The molecule has 11 heteroatoms. The van der Waals surface area contributed by atoms with Gasteiger partial charge in [0, 0.05) is 26.2 Å². The summed E-state index contributed by atoms with van der Waals surface area (Å²) in [4.78, 5) is 18.6. The molecule has 4 rings (SSSR count). The fourth-order valence-corrected chi connectivity index (χ4v) is 3.70. The summed E-state index contributed by atoms with van der Waals surface area (Å²) >= 11 is 12.1. The quantitative estimate of drug-likeness (QED) is 0.532. The van der Waals surface area contributed by atoms with Crippen LogP contribution in [-0.2, 0) is 17.8 Å². The van der Waals surface area contributed by atoms with E-state index < -0.39 is 0 Å². The van der Waals surface area contributed by atoms with E-state index in [1.54, 1.807) is 19.1 Å². The van der Waals surface area contributed by atoms with Crippen molar-refractivity contribution in [3.05, 3.63) is 57.7 Å². The third-order valence-electron chi connectivity index (χ3n) is 4.95. The number of carbonyl (C=O) groups is 1. The molecular weight excluding hydrogens is 457 g/mol. The molecule has 3 aromatic rings. The molecule has 0 radical (unpaired) electrons. The summed E-state index contributed by atoms with van der Waals surface area (Å²) in [5, 5.41) is 10.4. The molecule has 0 unspecified atom stereocenters. The topological polar surface area (TPSA) is 106 Å². The SMILES string of the molecule is Cc1noc(-c2coc(CNC(=O)NC[C@H]3CN(Cc4ccc(Cl)c(Cl)c4)CCO3)c2)n1. The summed E-state index contributed by atoms with van der Waals surface area (Å²) in [6.45, 7) is 5.21. The Hall–Kier alpha value is -2.59. The second-order valence-electron chi connectivity index (χ2n) is 7.49. The first-order valence-electron chi connectivity index (χ1n) is 10.1. The van der Waals surface area contributed by atoms with Gasteiger partial charge >= 0.3 is 6.03 Å². The molecule has 170 valence electrons. The van der Waals surface area contributed by atoms with Crippen LogP contribution in [0.3, 0.4) is 0 Å². The maximum atomic E-state index is 12.2. The number of benzene rings is 1. The second kappa shape index (κ2) is 10.4. The monoisotopic (exact) mass is 479 g/mol. The Morgan fingerprint density at radius 3 is 2.91 bits per heavy atom. The van der Waals surface area contributed by atoms with Crippen LogP contribution < -0.4 is 10.6 Å². The van der Waals surface area contributed by atoms with Gasteiger partial charge < -0.3 is 24.3 Å². The molecule has 9 nitrogen and oxygen atoms in total. The molecular formula is C21H23Cl2N5O4. The smallest absolute Gasteiger partial charge is 0.315 e. The highest BCUT2D eigenvalue weighted by Crippen LogP contribution is 2.24. The highest BCUT2D eigenvalue weighted by molar-refractivity contribution is 6.42. The molecule has 0 spiro atoms. The number of nitrogens with one attached hydrogen (secondary N) is 2. The van der Waals surface area contributed by atoms with Crippen molar-refractivity contribution < 1.29 is 18.5 Å². The molecule has 1 aromatic carbocycles. The van der Waals surface area contributed by atoms with Gasteiger partial charge in [-0.15, -0.1) is 0 Å². The number of furan rings is 1. The molecule has 0 saturated carbocycles. The molecule has 2 aromatic heterocycles. The second-order valence-corrected chi connectivity index (χ2v) is 8.30. The van der Waals surface area contributed by atoms with Crippen molar-refractivity contribution in [3.8, 4) is 11.5 Å². The summed E-state index contributed by atoms with van der Waals surface area (Å²) in [6.07, 6.45) is 1.41. The van der Waals surface area contributed by atoms with Crippen LogP contribution in [0.25, 0.3) is 11.5 Å². The Labute approximate surface area is 195 Å². The standard InChI is InChI=1S/C21H23Cl2N5O4/c1-13-26-20(32-27-13)15-7-16(31-12-15)8-24-21(29)25-9-17-11-28(4-5-30-17)10-14-2-3-18(22)19(23)6-14/h2-3,6-7,12,17H,4-5,8-11H2,1H3,(H2,24,25,29)/t17-/m0/s1. The van der Waals surface area contributed by atoms with Crippen molar-refractivity contribution in [2.75, 3.05) is 26.2 Å². The van der Waals surface area contributed by atoms with Crippen LogP contribution in [0.4, 0.5) is 4.79 Å². The molecule has 2 N–H and O–H groups in total. The van der Waals surface area contributed by atoms with Crippen molar-refractivity contribution in [2.24, 2.45) is 0 Å². The van der Waals surface area contributed by atoms with Crippen molar-refractivity contribution >= 4 is 29.2 Å². The average Bonchev–Trinajstić information content (AvgIpc) is 3.42. The largest absolute Gasteiger partial charge is 0.467 e. The van der Waals surface area contributed by atoms with E-state index >= 15 is 0 Å². The average molecular weight is 480 g/mol. The van der Waals surface area contributed by atoms with Crippen molar-refractivity contribution in [1.82, 2.24) is 25.7 Å². The van der Waals surface area contributed by atoms with E-state index in [2.05, 4.69) is 25.7 Å². The van der Waals surface area contributed by atoms with Gasteiger partial charge in [-0.3, -0.25) is 4.90 Å². The molecule has 1 aliphatic heterocycles. The Kier molecular flexibility index (Phi) is 7.31. The zero-order valence-electron chi connectivity index (χ0n) is 17.4. The van der Waals surface area contributed by atoms with E-state index in [9.17, 15) is 4.79 Å². The molecule has 32 heavy (non-hydrogen) atoms. The number of morpholine rings is 1. The Morgan fingerprint density at radius 1 is 1.25 bits per heavy atom. The van der Waals surface area contributed by atoms with Gasteiger partial charge in [0.1, 0.15) is 12.0 Å². The fraction of sp³-hybridized carbons (Fsp3) is 0.381. The summed E-state index contributed by atoms with van der Waals surface area (Å²) in [6, 6.07) is 7.08. The van der Waals surface area contributed by atoms with Crippen LogP contribution in [0.1, 0.15) is 17.1 Å². The lowest BCUT2D eigenvalue weighted by atomic mass is 10.2. The first-order valence-corrected chi connectivity index (χ1v) is 10.9. The van der Waals surface area contributed by atoms with E-state index in [1.807, 2.05) is 12.1 Å². The van der Waals surface area contributed by atoms with Crippen LogP contribution in [0, 0.1) is 6.92 Å². The van der Waals surface area contributed by atoms with Crippen LogP contribution in [0.5, 0.6) is 0 Å². The molecule has 1 fully saturated rings. The third kappa shape index (κ3) is 6.01. The first kappa shape index (κ1) is 22.6. The van der Waals surface area contributed by atoms with Crippen LogP contribution in [0.2, 0.25) is 10.0 Å². The zero-order valence-corrected chi connectivity index (χ0v) is 18.9. The van der Waals surface area contributed by atoms with Gasteiger partial charge in [-0.2, -0.15) is 4.98 Å². The Morgan fingerprint density at radius 2 is 2.12 bits per heavy atom. The van der Waals surface area contributed by atoms with Crippen LogP contribution in [-0.4, -0.2) is 53.4 Å². The summed E-state index contributed by atoms with van der Waals surface area (Å²) in [7, 11) is 0. The summed E-state index contributed by atoms with van der Waals surface area (Å²) in [5.74, 6) is 1.50. The number of rotatable bonds is 7. The van der Waals surface area contributed by atoms with Crippen molar-refractivity contribution in [2.45, 2.75) is 26.1 Å². The Bertz CT molecular complexity index is 1070. The lowest BCUT2D eigenvalue weighted by molar-refractivity contribution is -0.0287. The maximum Gasteiger partial charge on any atom is 0.315 e. The number of nitrogens with zero attached hydrogens (tertiary/aromatic N) is 3. The minimum absolute atomic E-state index is 0.103. The van der Waals surface area contributed by atoms with Gasteiger partial charge in [0.05, 0.1) is 34.9 Å². The number of aryl methyl sites for hydroxylation is 1. The van der Waals surface area contributed by atoms with Crippen molar-refractivity contribution in [3.63, 3.8) is 0 Å². The van der Waals surface area contributed by atoms with Crippen LogP contribution in [0.15, 0.2) is 39.5 Å². The van der Waals surface area contributed by atoms with Gasteiger partial charge in [0.2, 0.25) is 0 Å². The Balaban J connectivity index is 1.20. The van der Waals surface area contributed by atoms with E-state index in [4.69, 9.17) is 36.9 Å². The van der Waals surface area contributed by atoms with Gasteiger partial charge in [-0.25, -0.2) is 4.79 Å². The van der Waals surface area contributed by atoms with E-state index in [-0.39, 0.29) is 18.7 Å². The van der Waals surface area contributed by atoms with Crippen LogP contribution >= 0.6 is 23.2 Å². The number of hydrogen-bond acceptors (Lipinski definition) is 7. The zero-order chi connectivity index (χ0) is 22.5. The molecule has 3 heterocycles. The van der Waals surface area contributed by atoms with Gasteiger partial charge in [0.25, 0.3) is 5.89 Å². The molecule has 1 saturated heterocycles. The van der Waals surface area contributed by atoms with Crippen molar-refractivity contribution in [1.29, 1.82) is 0 Å². The number of aromatic nitrogens is 2. The van der Waals surface area contributed by atoms with Gasteiger partial charge in [-0.1, -0.05) is 34.4 Å². The van der Waals surface area contributed by atoms with Gasteiger partial charge in [-0.05, 0) is 30.7 Å². The van der Waals surface area contributed by atoms with E-state index in [0.29, 0.717) is 52.8 Å². The number of carbonyl (C=O) groups excluding carboxylic acids is 1. The predicted octanol–water partition coefficient (Wildman–Crippen LogP) is 3.65. The summed E-state index contributed by atoms with van der Waals surface area (Å²) in [5.41, 5.74) is 1.75. The number of hydrogen-bond donors (Lipinski definition) is 2. The third-order valence-corrected chi connectivity index (χ3v) is 5.69. The molecule has 1 atom stereocenters. The minimum Gasteiger partial charge on any atom is -0.467 e. The number of amides is 2.